The molecule has 0 saturated heterocycles. The normalized spacial score (nSPS) is 15.4. The van der Waals surface area contributed by atoms with Crippen LogP contribution in [0.25, 0.3) is 0 Å². The summed E-state index contributed by atoms with van der Waals surface area (Å²) in [6.45, 7) is 3.01. The Hall–Kier alpha value is -1.75. The van der Waals surface area contributed by atoms with Gasteiger partial charge in [-0.15, -0.1) is 0 Å². The van der Waals surface area contributed by atoms with Crippen molar-refractivity contribution in [2.45, 2.75) is 25.9 Å². The minimum absolute atomic E-state index is 0.428. The fourth-order valence-corrected chi connectivity index (χ4v) is 1.77. The van der Waals surface area contributed by atoms with E-state index in [9.17, 15) is 9.90 Å². The first-order chi connectivity index (χ1) is 8.82. The van der Waals surface area contributed by atoms with Crippen molar-refractivity contribution in [1.82, 2.24) is 0 Å². The summed E-state index contributed by atoms with van der Waals surface area (Å²) in [4.78, 5) is 11.0. The number of methoxy groups -OCH3 is 2. The highest BCUT2D eigenvalue weighted by atomic mass is 16.5. The quantitative estimate of drug-likeness (QED) is 0.821. The second kappa shape index (κ2) is 5.93. The van der Waals surface area contributed by atoms with Gasteiger partial charge < -0.3 is 19.7 Å². The Morgan fingerprint density at radius 2 is 1.89 bits per heavy atom. The average Bonchev–Trinajstić information content (AvgIpc) is 2.38. The fraction of sp³-hybridized carbons (Fsp3) is 0.500. The monoisotopic (exact) mass is 268 g/mol. The van der Waals surface area contributed by atoms with Gasteiger partial charge in [0.1, 0.15) is 0 Å². The third-order valence-corrected chi connectivity index (χ3v) is 3.38. The van der Waals surface area contributed by atoms with Crippen LogP contribution < -0.4 is 9.47 Å². The molecule has 106 valence electrons. The summed E-state index contributed by atoms with van der Waals surface area (Å²) in [7, 11) is 3.09. The highest BCUT2D eigenvalue weighted by molar-refractivity contribution is 5.76. The van der Waals surface area contributed by atoms with E-state index in [1.54, 1.807) is 33.3 Å². The van der Waals surface area contributed by atoms with E-state index in [-0.39, 0.29) is 0 Å². The molecule has 2 N–H and O–H groups in total. The smallest absolute Gasteiger partial charge is 0.335 e. The van der Waals surface area contributed by atoms with Crippen LogP contribution >= 0.6 is 0 Å². The predicted octanol–water partition coefficient (Wildman–Crippen LogP) is 1.72. The van der Waals surface area contributed by atoms with Crippen molar-refractivity contribution in [3.8, 4) is 11.5 Å². The first-order valence-electron chi connectivity index (χ1n) is 5.99. The van der Waals surface area contributed by atoms with Crippen LogP contribution in [0.1, 0.15) is 19.4 Å². The van der Waals surface area contributed by atoms with Gasteiger partial charge in [-0.05, 0) is 37.0 Å². The van der Waals surface area contributed by atoms with Crippen LogP contribution in [0.15, 0.2) is 18.2 Å². The first kappa shape index (κ1) is 15.3. The Balaban J connectivity index is 2.91. The van der Waals surface area contributed by atoms with Gasteiger partial charge in [-0.1, -0.05) is 13.0 Å². The largest absolute Gasteiger partial charge is 0.493 e. The summed E-state index contributed by atoms with van der Waals surface area (Å²) in [6, 6.07) is 5.37. The maximum atomic E-state index is 11.0. The molecule has 0 aliphatic heterocycles. The summed E-state index contributed by atoms with van der Waals surface area (Å²) in [5.41, 5.74) is -0.876. The number of rotatable bonds is 6. The number of hydrogen-bond donors (Lipinski definition) is 2. The Morgan fingerprint density at radius 3 is 2.37 bits per heavy atom. The van der Waals surface area contributed by atoms with E-state index in [0.29, 0.717) is 17.9 Å². The Bertz CT molecular complexity index is 453. The van der Waals surface area contributed by atoms with Gasteiger partial charge in [0.25, 0.3) is 0 Å². The molecule has 1 aromatic rings. The molecule has 0 amide bonds. The van der Waals surface area contributed by atoms with Crippen molar-refractivity contribution < 1.29 is 24.5 Å². The SMILES string of the molecule is COc1ccc(CC(C)C(C)(O)C(=O)O)cc1OC. The van der Waals surface area contributed by atoms with Gasteiger partial charge in [0, 0.05) is 0 Å². The van der Waals surface area contributed by atoms with Gasteiger partial charge >= 0.3 is 5.97 Å². The third-order valence-electron chi connectivity index (χ3n) is 3.38. The van der Waals surface area contributed by atoms with Crippen LogP contribution in [0.2, 0.25) is 0 Å². The zero-order valence-electron chi connectivity index (χ0n) is 11.6. The standard InChI is InChI=1S/C14H20O5/c1-9(14(2,17)13(15)16)7-10-5-6-11(18-3)12(8-10)19-4/h5-6,8-9,17H,7H2,1-4H3,(H,15,16). The zero-order chi connectivity index (χ0) is 14.6. The van der Waals surface area contributed by atoms with E-state index in [4.69, 9.17) is 14.6 Å². The second-order valence-electron chi connectivity index (χ2n) is 4.75. The molecule has 0 aromatic heterocycles. The van der Waals surface area contributed by atoms with Gasteiger partial charge in [-0.25, -0.2) is 4.79 Å². The molecule has 0 spiro atoms. The molecule has 0 saturated carbocycles. The first-order valence-corrected chi connectivity index (χ1v) is 5.99. The van der Waals surface area contributed by atoms with E-state index in [2.05, 4.69) is 0 Å². The molecular formula is C14H20O5. The lowest BCUT2D eigenvalue weighted by molar-refractivity contribution is -0.161. The minimum atomic E-state index is -1.76. The van der Waals surface area contributed by atoms with Crippen molar-refractivity contribution in [2.24, 2.45) is 5.92 Å². The van der Waals surface area contributed by atoms with Crippen LogP contribution in [0.5, 0.6) is 11.5 Å². The Morgan fingerprint density at radius 1 is 1.32 bits per heavy atom. The number of aliphatic hydroxyl groups is 1. The molecule has 19 heavy (non-hydrogen) atoms. The number of hydrogen-bond acceptors (Lipinski definition) is 4. The van der Waals surface area contributed by atoms with Gasteiger partial charge in [0.15, 0.2) is 17.1 Å². The number of carboxylic acid groups (broad SMARTS) is 1. The van der Waals surface area contributed by atoms with E-state index in [0.717, 1.165) is 5.56 Å². The lowest BCUT2D eigenvalue weighted by Gasteiger charge is -2.26. The number of aliphatic carboxylic acids is 1. The molecule has 0 heterocycles. The highest BCUT2D eigenvalue weighted by Crippen LogP contribution is 2.30. The molecule has 5 nitrogen and oxygen atoms in total. The Labute approximate surface area is 112 Å². The summed E-state index contributed by atoms with van der Waals surface area (Å²) in [5.74, 6) is -0.449. The van der Waals surface area contributed by atoms with E-state index < -0.39 is 17.5 Å². The molecule has 0 radical (unpaired) electrons. The molecule has 2 atom stereocenters. The zero-order valence-corrected chi connectivity index (χ0v) is 11.6. The van der Waals surface area contributed by atoms with Gasteiger partial charge in [0.2, 0.25) is 0 Å². The molecule has 0 aliphatic carbocycles. The number of carboxylic acids is 1. The topological polar surface area (TPSA) is 76.0 Å². The maximum Gasteiger partial charge on any atom is 0.335 e. The third kappa shape index (κ3) is 3.38. The Kier molecular flexibility index (Phi) is 4.78. The van der Waals surface area contributed by atoms with Crippen LogP contribution in [0.3, 0.4) is 0 Å². The van der Waals surface area contributed by atoms with Crippen LogP contribution in [0.4, 0.5) is 0 Å². The summed E-state index contributed by atoms with van der Waals surface area (Å²) in [5, 5.41) is 18.9. The summed E-state index contributed by atoms with van der Waals surface area (Å²) < 4.78 is 10.3. The van der Waals surface area contributed by atoms with Crippen molar-refractivity contribution in [2.75, 3.05) is 14.2 Å². The van der Waals surface area contributed by atoms with E-state index in [1.807, 2.05) is 6.07 Å². The number of benzene rings is 1. The van der Waals surface area contributed by atoms with Crippen molar-refractivity contribution >= 4 is 5.97 Å². The second-order valence-corrected chi connectivity index (χ2v) is 4.75. The molecule has 1 rings (SSSR count). The van der Waals surface area contributed by atoms with Crippen molar-refractivity contribution in [3.63, 3.8) is 0 Å². The van der Waals surface area contributed by atoms with Gasteiger partial charge in [-0.2, -0.15) is 0 Å². The summed E-state index contributed by atoms with van der Waals surface area (Å²) in [6.07, 6.45) is 0.430. The molecule has 0 bridgehead atoms. The molecule has 0 fully saturated rings. The van der Waals surface area contributed by atoms with Crippen LogP contribution in [-0.4, -0.2) is 36.0 Å². The fourth-order valence-electron chi connectivity index (χ4n) is 1.77. The molecule has 5 heteroatoms. The van der Waals surface area contributed by atoms with Crippen LogP contribution in [-0.2, 0) is 11.2 Å². The van der Waals surface area contributed by atoms with Crippen molar-refractivity contribution in [3.05, 3.63) is 23.8 Å². The molecule has 0 aliphatic rings. The predicted molar refractivity (Wildman–Crippen MR) is 70.7 cm³/mol. The highest BCUT2D eigenvalue weighted by Gasteiger charge is 2.36. The maximum absolute atomic E-state index is 11.0. The molecule has 1 aromatic carbocycles. The molecule has 2 unspecified atom stereocenters. The van der Waals surface area contributed by atoms with E-state index >= 15 is 0 Å². The average molecular weight is 268 g/mol. The van der Waals surface area contributed by atoms with Gasteiger partial charge in [0.05, 0.1) is 14.2 Å². The number of ether oxygens (including phenoxy) is 2. The lowest BCUT2D eigenvalue weighted by Crippen LogP contribution is -2.42. The van der Waals surface area contributed by atoms with Gasteiger partial charge in [-0.3, -0.25) is 0 Å². The lowest BCUT2D eigenvalue weighted by atomic mass is 9.85. The minimum Gasteiger partial charge on any atom is -0.493 e. The summed E-state index contributed by atoms with van der Waals surface area (Å²) >= 11 is 0. The van der Waals surface area contributed by atoms with Crippen LogP contribution in [0, 0.1) is 5.92 Å². The van der Waals surface area contributed by atoms with E-state index in [1.165, 1.54) is 6.92 Å². The molecular weight excluding hydrogens is 248 g/mol. The number of carbonyl (C=O) groups is 1. The van der Waals surface area contributed by atoms with Crippen molar-refractivity contribution in [1.29, 1.82) is 0 Å².